The van der Waals surface area contributed by atoms with Crippen molar-refractivity contribution in [3.05, 3.63) is 65.9 Å². The topological polar surface area (TPSA) is 86.5 Å². The lowest BCUT2D eigenvalue weighted by molar-refractivity contribution is -0.128. The van der Waals surface area contributed by atoms with E-state index >= 15 is 0 Å². The van der Waals surface area contributed by atoms with E-state index in [2.05, 4.69) is 20.5 Å². The van der Waals surface area contributed by atoms with Gasteiger partial charge in [0.1, 0.15) is 11.8 Å². The zero-order chi connectivity index (χ0) is 22.4. The van der Waals surface area contributed by atoms with Gasteiger partial charge in [0.25, 0.3) is 0 Å². The summed E-state index contributed by atoms with van der Waals surface area (Å²) in [5, 5.41) is 6.87. The molecule has 2 aromatic carbocycles. The molecular weight excluding hydrogens is 392 g/mol. The quantitative estimate of drug-likeness (QED) is 0.495. The number of amides is 2. The minimum atomic E-state index is -0.657. The van der Waals surface area contributed by atoms with Crippen LogP contribution in [0.3, 0.4) is 0 Å². The Kier molecular flexibility index (Phi) is 7.31. The van der Waals surface area contributed by atoms with Gasteiger partial charge < -0.3 is 25.3 Å². The maximum atomic E-state index is 13.0. The molecule has 31 heavy (non-hydrogen) atoms. The zero-order valence-corrected chi connectivity index (χ0v) is 18.4. The van der Waals surface area contributed by atoms with Gasteiger partial charge in [-0.2, -0.15) is 0 Å². The van der Waals surface area contributed by atoms with Crippen molar-refractivity contribution in [2.24, 2.45) is 0 Å². The molecule has 0 radical (unpaired) electrons. The Morgan fingerprint density at radius 1 is 1.10 bits per heavy atom. The number of nitrogens with zero attached hydrogens (tertiary/aromatic N) is 1. The molecule has 1 aromatic heterocycles. The van der Waals surface area contributed by atoms with Crippen molar-refractivity contribution in [3.8, 4) is 5.75 Å². The van der Waals surface area contributed by atoms with Crippen molar-refractivity contribution < 1.29 is 14.3 Å². The van der Waals surface area contributed by atoms with Gasteiger partial charge in [-0.25, -0.2) is 0 Å². The maximum Gasteiger partial charge on any atom is 0.242 e. The van der Waals surface area contributed by atoms with E-state index in [1.165, 1.54) is 6.92 Å². The van der Waals surface area contributed by atoms with E-state index in [1.807, 2.05) is 68.8 Å². The molecule has 7 heteroatoms. The van der Waals surface area contributed by atoms with Gasteiger partial charge in [-0.3, -0.25) is 9.59 Å². The van der Waals surface area contributed by atoms with Gasteiger partial charge >= 0.3 is 0 Å². The number of ether oxygens (including phenoxy) is 1. The molecular formula is C24H30N4O3. The molecule has 3 N–H and O–H groups in total. The van der Waals surface area contributed by atoms with E-state index in [1.54, 1.807) is 7.11 Å². The van der Waals surface area contributed by atoms with E-state index in [0.29, 0.717) is 13.0 Å². The summed E-state index contributed by atoms with van der Waals surface area (Å²) in [6.07, 6.45) is 2.30. The van der Waals surface area contributed by atoms with Crippen LogP contribution in [-0.2, 0) is 16.0 Å². The molecule has 2 atom stereocenters. The third-order valence-electron chi connectivity index (χ3n) is 5.39. The maximum absolute atomic E-state index is 13.0. The highest BCUT2D eigenvalue weighted by molar-refractivity contribution is 5.89. The summed E-state index contributed by atoms with van der Waals surface area (Å²) in [5.74, 6) is 0.342. The first kappa shape index (κ1) is 22.4. The number of carbonyl (C=O) groups excluding carboxylic acids is 2. The number of aromatic nitrogens is 1. The number of aromatic amines is 1. The summed E-state index contributed by atoms with van der Waals surface area (Å²) < 4.78 is 5.23. The molecule has 3 aromatic rings. The number of para-hydroxylation sites is 1. The second kappa shape index (κ2) is 10.1. The molecule has 1 heterocycles. The Morgan fingerprint density at radius 3 is 2.45 bits per heavy atom. The summed E-state index contributed by atoms with van der Waals surface area (Å²) >= 11 is 0. The van der Waals surface area contributed by atoms with Crippen LogP contribution in [-0.4, -0.2) is 55.5 Å². The third kappa shape index (κ3) is 5.64. The molecule has 0 aliphatic carbocycles. The first-order valence-corrected chi connectivity index (χ1v) is 10.3. The second-order valence-electron chi connectivity index (χ2n) is 7.81. The number of hydrogen-bond acceptors (Lipinski definition) is 4. The van der Waals surface area contributed by atoms with Gasteiger partial charge in [-0.15, -0.1) is 0 Å². The molecule has 0 fully saturated rings. The van der Waals surface area contributed by atoms with Crippen molar-refractivity contribution in [1.29, 1.82) is 0 Å². The van der Waals surface area contributed by atoms with Crippen molar-refractivity contribution >= 4 is 22.7 Å². The summed E-state index contributed by atoms with van der Waals surface area (Å²) in [6.45, 7) is 1.84. The van der Waals surface area contributed by atoms with Crippen LogP contribution in [0, 0.1) is 0 Å². The van der Waals surface area contributed by atoms with Gasteiger partial charge in [0.2, 0.25) is 11.8 Å². The van der Waals surface area contributed by atoms with Crippen LogP contribution >= 0.6 is 0 Å². The molecule has 0 spiro atoms. The fourth-order valence-electron chi connectivity index (χ4n) is 3.72. The predicted molar refractivity (Wildman–Crippen MR) is 122 cm³/mol. The van der Waals surface area contributed by atoms with Crippen LogP contribution < -0.4 is 15.4 Å². The van der Waals surface area contributed by atoms with Crippen molar-refractivity contribution in [3.63, 3.8) is 0 Å². The average molecular weight is 423 g/mol. The fourth-order valence-corrected chi connectivity index (χ4v) is 3.72. The Balaban J connectivity index is 1.72. The number of hydrogen-bond donors (Lipinski definition) is 3. The van der Waals surface area contributed by atoms with E-state index in [9.17, 15) is 9.59 Å². The smallest absolute Gasteiger partial charge is 0.242 e. The number of rotatable bonds is 9. The van der Waals surface area contributed by atoms with E-state index in [0.717, 1.165) is 27.8 Å². The van der Waals surface area contributed by atoms with Crippen LogP contribution in [0.15, 0.2) is 54.7 Å². The Hall–Kier alpha value is -3.32. The summed E-state index contributed by atoms with van der Waals surface area (Å²) in [6, 6.07) is 15.1. The summed E-state index contributed by atoms with van der Waals surface area (Å²) in [5.41, 5.74) is 3.06. The minimum absolute atomic E-state index is 0.0130. The monoisotopic (exact) mass is 422 g/mol. The number of methoxy groups -OCH3 is 1. The molecule has 7 nitrogen and oxygen atoms in total. The number of nitrogens with one attached hydrogen (secondary N) is 3. The Morgan fingerprint density at radius 2 is 1.81 bits per heavy atom. The van der Waals surface area contributed by atoms with Crippen LogP contribution in [0.4, 0.5) is 0 Å². The van der Waals surface area contributed by atoms with Crippen LogP contribution in [0.2, 0.25) is 0 Å². The molecule has 0 saturated carbocycles. The van der Waals surface area contributed by atoms with Crippen LogP contribution in [0.25, 0.3) is 10.9 Å². The predicted octanol–water partition coefficient (Wildman–Crippen LogP) is 2.64. The van der Waals surface area contributed by atoms with E-state index in [4.69, 9.17) is 4.74 Å². The largest absolute Gasteiger partial charge is 0.497 e. The summed E-state index contributed by atoms with van der Waals surface area (Å²) in [7, 11) is 5.57. The molecule has 0 aliphatic heterocycles. The standard InChI is InChI=1S/C24H30N4O3/c1-16(29)27-22(13-18-14-25-21-8-6-5-7-20(18)21)24(30)26-15-23(28(2)3)17-9-11-19(31-4)12-10-17/h5-12,14,22-23,25H,13,15H2,1-4H3,(H,26,30)(H,27,29). The zero-order valence-electron chi connectivity index (χ0n) is 18.4. The van der Waals surface area contributed by atoms with Gasteiger partial charge in [0.15, 0.2) is 0 Å². The Labute approximate surface area is 182 Å². The second-order valence-corrected chi connectivity index (χ2v) is 7.81. The van der Waals surface area contributed by atoms with Gasteiger partial charge in [0.05, 0.1) is 13.2 Å². The first-order valence-electron chi connectivity index (χ1n) is 10.3. The van der Waals surface area contributed by atoms with Crippen LogP contribution in [0.1, 0.15) is 24.1 Å². The molecule has 2 unspecified atom stereocenters. The highest BCUT2D eigenvalue weighted by atomic mass is 16.5. The van der Waals surface area contributed by atoms with Gasteiger partial charge in [-0.05, 0) is 43.4 Å². The fraction of sp³-hybridized carbons (Fsp3) is 0.333. The van der Waals surface area contributed by atoms with Crippen molar-refractivity contribution in [2.45, 2.75) is 25.4 Å². The molecule has 0 saturated heterocycles. The normalized spacial score (nSPS) is 13.1. The number of likely N-dealkylation sites (N-methyl/N-ethyl adjacent to an activating group) is 1. The lowest BCUT2D eigenvalue weighted by Gasteiger charge is -2.26. The van der Waals surface area contributed by atoms with Crippen molar-refractivity contribution in [1.82, 2.24) is 20.5 Å². The molecule has 164 valence electrons. The van der Waals surface area contributed by atoms with Crippen molar-refractivity contribution in [2.75, 3.05) is 27.7 Å². The third-order valence-corrected chi connectivity index (χ3v) is 5.39. The van der Waals surface area contributed by atoms with E-state index in [-0.39, 0.29) is 17.9 Å². The Bertz CT molecular complexity index is 1030. The molecule has 2 amide bonds. The number of benzene rings is 2. The number of fused-ring (bicyclic) bond motifs is 1. The van der Waals surface area contributed by atoms with Gasteiger partial charge in [0, 0.05) is 37.0 Å². The SMILES string of the molecule is COc1ccc(C(CNC(=O)C(Cc2c[nH]c3ccccc23)NC(C)=O)N(C)C)cc1. The number of carbonyl (C=O) groups is 2. The minimum Gasteiger partial charge on any atom is -0.497 e. The number of H-pyrrole nitrogens is 1. The summed E-state index contributed by atoms with van der Waals surface area (Å²) in [4.78, 5) is 30.1. The molecule has 0 aliphatic rings. The lowest BCUT2D eigenvalue weighted by Crippen LogP contribution is -2.49. The van der Waals surface area contributed by atoms with Gasteiger partial charge in [-0.1, -0.05) is 30.3 Å². The first-order chi connectivity index (χ1) is 14.9. The van der Waals surface area contributed by atoms with Crippen LogP contribution in [0.5, 0.6) is 5.75 Å². The highest BCUT2D eigenvalue weighted by Gasteiger charge is 2.23. The lowest BCUT2D eigenvalue weighted by atomic mass is 10.0. The highest BCUT2D eigenvalue weighted by Crippen LogP contribution is 2.21. The average Bonchev–Trinajstić information content (AvgIpc) is 3.16. The molecule has 0 bridgehead atoms. The van der Waals surface area contributed by atoms with E-state index < -0.39 is 6.04 Å². The molecule has 3 rings (SSSR count).